The van der Waals surface area contributed by atoms with Crippen LogP contribution < -0.4 is 0 Å². The van der Waals surface area contributed by atoms with Crippen molar-refractivity contribution in [1.29, 1.82) is 0 Å². The third-order valence-corrected chi connectivity index (χ3v) is 3.33. The van der Waals surface area contributed by atoms with Crippen LogP contribution >= 0.6 is 0 Å². The van der Waals surface area contributed by atoms with Crippen molar-refractivity contribution in [2.24, 2.45) is 5.92 Å². The summed E-state index contributed by atoms with van der Waals surface area (Å²) in [7, 11) is 0. The molecule has 1 aromatic rings. The number of nitrogens with zero attached hydrogens (tertiary/aromatic N) is 2. The maximum absolute atomic E-state index is 5.67. The lowest BCUT2D eigenvalue weighted by Gasteiger charge is -2.15. The molecule has 0 aliphatic heterocycles. The third kappa shape index (κ3) is 3.09. The lowest BCUT2D eigenvalue weighted by atomic mass is 10.0. The van der Waals surface area contributed by atoms with Gasteiger partial charge in [0.2, 0.25) is 0 Å². The van der Waals surface area contributed by atoms with Crippen LogP contribution in [-0.4, -0.2) is 22.8 Å². The highest BCUT2D eigenvalue weighted by atomic mass is 16.5. The predicted molar refractivity (Wildman–Crippen MR) is 69.3 cm³/mol. The molecule has 0 atom stereocenters. The van der Waals surface area contributed by atoms with Crippen molar-refractivity contribution in [3.63, 3.8) is 0 Å². The summed E-state index contributed by atoms with van der Waals surface area (Å²) in [6.07, 6.45) is 4.97. The highest BCUT2D eigenvalue weighted by molar-refractivity contribution is 5.19. The minimum absolute atomic E-state index is 0.618. The van der Waals surface area contributed by atoms with E-state index in [1.54, 1.807) is 0 Å². The van der Waals surface area contributed by atoms with Crippen molar-refractivity contribution < 1.29 is 4.74 Å². The Morgan fingerprint density at radius 3 is 2.82 bits per heavy atom. The molecule has 0 bridgehead atoms. The number of imidazole rings is 1. The van der Waals surface area contributed by atoms with E-state index < -0.39 is 0 Å². The van der Waals surface area contributed by atoms with E-state index in [0.717, 1.165) is 32.0 Å². The summed E-state index contributed by atoms with van der Waals surface area (Å²) in [5.41, 5.74) is 2.79. The Balaban J connectivity index is 1.93. The van der Waals surface area contributed by atoms with E-state index in [0.29, 0.717) is 5.92 Å². The molecule has 1 aliphatic rings. The van der Waals surface area contributed by atoms with Crippen LogP contribution in [0.15, 0.2) is 0 Å². The normalized spacial score (nSPS) is 15.3. The average molecular weight is 236 g/mol. The highest BCUT2D eigenvalue weighted by Crippen LogP contribution is 2.21. The van der Waals surface area contributed by atoms with E-state index in [1.807, 2.05) is 0 Å². The third-order valence-electron chi connectivity index (χ3n) is 3.33. The molecule has 0 fully saturated rings. The number of ether oxygens (including phenoxy) is 1. The standard InChI is InChI=1S/C14H24N2O/c1-11(2)10-17-9-8-16-12(3)15-13-6-4-5-7-14(13)16/h11H,4-10H2,1-3H3. The summed E-state index contributed by atoms with van der Waals surface area (Å²) in [4.78, 5) is 4.67. The minimum atomic E-state index is 0.618. The SMILES string of the molecule is Cc1nc2c(n1CCOCC(C)C)CCCC2. The molecule has 1 aromatic heterocycles. The van der Waals surface area contributed by atoms with Crippen LogP contribution in [0.3, 0.4) is 0 Å². The van der Waals surface area contributed by atoms with Crippen molar-refractivity contribution in [2.45, 2.75) is 53.0 Å². The molecule has 1 aliphatic carbocycles. The second-order valence-corrected chi connectivity index (χ2v) is 5.38. The molecular formula is C14H24N2O. The monoisotopic (exact) mass is 236 g/mol. The second-order valence-electron chi connectivity index (χ2n) is 5.38. The lowest BCUT2D eigenvalue weighted by Crippen LogP contribution is -2.14. The van der Waals surface area contributed by atoms with Crippen LogP contribution in [0, 0.1) is 12.8 Å². The van der Waals surface area contributed by atoms with Crippen molar-refractivity contribution in [2.75, 3.05) is 13.2 Å². The van der Waals surface area contributed by atoms with E-state index in [9.17, 15) is 0 Å². The molecule has 0 amide bonds. The first-order chi connectivity index (χ1) is 8.18. The van der Waals surface area contributed by atoms with Crippen LogP contribution in [0.25, 0.3) is 0 Å². The van der Waals surface area contributed by atoms with Gasteiger partial charge in [0.25, 0.3) is 0 Å². The molecule has 17 heavy (non-hydrogen) atoms. The Labute approximate surface area is 104 Å². The molecule has 2 rings (SSSR count). The van der Waals surface area contributed by atoms with Crippen molar-refractivity contribution in [3.05, 3.63) is 17.2 Å². The maximum Gasteiger partial charge on any atom is 0.106 e. The Kier molecular flexibility index (Phi) is 4.21. The maximum atomic E-state index is 5.67. The van der Waals surface area contributed by atoms with E-state index in [-0.39, 0.29) is 0 Å². The van der Waals surface area contributed by atoms with Crippen LogP contribution in [-0.2, 0) is 24.1 Å². The zero-order chi connectivity index (χ0) is 12.3. The smallest absolute Gasteiger partial charge is 0.106 e. The Hall–Kier alpha value is -0.830. The first-order valence-electron chi connectivity index (χ1n) is 6.81. The fourth-order valence-electron chi connectivity index (χ4n) is 2.51. The minimum Gasteiger partial charge on any atom is -0.379 e. The Morgan fingerprint density at radius 2 is 2.06 bits per heavy atom. The van der Waals surface area contributed by atoms with E-state index in [1.165, 1.54) is 30.7 Å². The van der Waals surface area contributed by atoms with Gasteiger partial charge in [0.15, 0.2) is 0 Å². The van der Waals surface area contributed by atoms with Crippen molar-refractivity contribution >= 4 is 0 Å². The molecule has 1 heterocycles. The summed E-state index contributed by atoms with van der Waals surface area (Å²) < 4.78 is 8.02. The van der Waals surface area contributed by atoms with Crippen LogP contribution in [0.2, 0.25) is 0 Å². The number of aromatic nitrogens is 2. The molecule has 0 saturated carbocycles. The largest absolute Gasteiger partial charge is 0.379 e. The fraction of sp³-hybridized carbons (Fsp3) is 0.786. The van der Waals surface area contributed by atoms with Crippen molar-refractivity contribution in [3.8, 4) is 0 Å². The van der Waals surface area contributed by atoms with Gasteiger partial charge in [0.05, 0.1) is 12.3 Å². The van der Waals surface area contributed by atoms with Gasteiger partial charge in [-0.2, -0.15) is 0 Å². The molecular weight excluding hydrogens is 212 g/mol. The van der Waals surface area contributed by atoms with Gasteiger partial charge in [0, 0.05) is 18.8 Å². The number of hydrogen-bond donors (Lipinski definition) is 0. The van der Waals surface area contributed by atoms with Crippen molar-refractivity contribution in [1.82, 2.24) is 9.55 Å². The number of aryl methyl sites for hydroxylation is 2. The summed E-state index contributed by atoms with van der Waals surface area (Å²) in [5.74, 6) is 1.78. The Bertz CT molecular complexity index is 369. The highest BCUT2D eigenvalue weighted by Gasteiger charge is 2.17. The first kappa shape index (κ1) is 12.6. The van der Waals surface area contributed by atoms with Gasteiger partial charge in [0.1, 0.15) is 5.82 Å². The zero-order valence-corrected chi connectivity index (χ0v) is 11.3. The van der Waals surface area contributed by atoms with Gasteiger partial charge in [-0.3, -0.25) is 0 Å². The molecule has 3 nitrogen and oxygen atoms in total. The molecule has 0 N–H and O–H groups in total. The summed E-state index contributed by atoms with van der Waals surface area (Å²) >= 11 is 0. The van der Waals surface area contributed by atoms with Crippen LogP contribution in [0.4, 0.5) is 0 Å². The molecule has 0 spiro atoms. The molecule has 0 radical (unpaired) electrons. The van der Waals surface area contributed by atoms with Gasteiger partial charge in [-0.05, 0) is 38.5 Å². The van der Waals surface area contributed by atoms with Crippen LogP contribution in [0.1, 0.15) is 43.9 Å². The van der Waals surface area contributed by atoms with Gasteiger partial charge < -0.3 is 9.30 Å². The van der Waals surface area contributed by atoms with Gasteiger partial charge in [-0.25, -0.2) is 4.98 Å². The average Bonchev–Trinajstić information content (AvgIpc) is 2.60. The van der Waals surface area contributed by atoms with Gasteiger partial charge >= 0.3 is 0 Å². The van der Waals surface area contributed by atoms with Gasteiger partial charge in [-0.1, -0.05) is 13.8 Å². The van der Waals surface area contributed by atoms with Crippen LogP contribution in [0.5, 0.6) is 0 Å². The van der Waals surface area contributed by atoms with E-state index >= 15 is 0 Å². The molecule has 3 heteroatoms. The van der Waals surface area contributed by atoms with E-state index in [2.05, 4.69) is 30.3 Å². The fourth-order valence-corrected chi connectivity index (χ4v) is 2.51. The van der Waals surface area contributed by atoms with E-state index in [4.69, 9.17) is 4.74 Å². The summed E-state index contributed by atoms with van der Waals surface area (Å²) in [6, 6.07) is 0. The summed E-state index contributed by atoms with van der Waals surface area (Å²) in [5, 5.41) is 0. The molecule has 0 unspecified atom stereocenters. The molecule has 0 saturated heterocycles. The first-order valence-corrected chi connectivity index (χ1v) is 6.81. The topological polar surface area (TPSA) is 27.1 Å². The predicted octanol–water partition coefficient (Wildman–Crippen LogP) is 2.74. The number of hydrogen-bond acceptors (Lipinski definition) is 2. The number of fused-ring (bicyclic) bond motifs is 1. The number of rotatable bonds is 5. The van der Waals surface area contributed by atoms with Gasteiger partial charge in [-0.15, -0.1) is 0 Å². The summed E-state index contributed by atoms with van der Waals surface area (Å²) in [6.45, 7) is 9.11. The molecule has 96 valence electrons. The quantitative estimate of drug-likeness (QED) is 0.735. The lowest BCUT2D eigenvalue weighted by molar-refractivity contribution is 0.102. The zero-order valence-electron chi connectivity index (χ0n) is 11.3. The molecule has 0 aromatic carbocycles. The Morgan fingerprint density at radius 1 is 1.29 bits per heavy atom. The second kappa shape index (κ2) is 5.67.